The van der Waals surface area contributed by atoms with Crippen molar-refractivity contribution in [2.75, 3.05) is 27.2 Å². The Hall–Kier alpha value is -0.260. The Bertz CT molecular complexity index is 271. The fourth-order valence-corrected chi connectivity index (χ4v) is 2.36. The number of likely N-dealkylation sites (tertiary alicyclic amines) is 1. The molecule has 1 saturated heterocycles. The summed E-state index contributed by atoms with van der Waals surface area (Å²) in [5.41, 5.74) is 0. The van der Waals surface area contributed by atoms with Gasteiger partial charge in [-0.2, -0.15) is 12.6 Å². The van der Waals surface area contributed by atoms with Crippen molar-refractivity contribution in [1.29, 1.82) is 0 Å². The van der Waals surface area contributed by atoms with Crippen molar-refractivity contribution in [3.05, 3.63) is 0 Å². The Kier molecular flexibility index (Phi) is 5.28. The van der Waals surface area contributed by atoms with Crippen molar-refractivity contribution < 1.29 is 9.90 Å². The summed E-state index contributed by atoms with van der Waals surface area (Å²) < 4.78 is 0. The molecule has 4 nitrogen and oxygen atoms in total. The van der Waals surface area contributed by atoms with Gasteiger partial charge in [-0.05, 0) is 26.4 Å². The molecule has 0 spiro atoms. The van der Waals surface area contributed by atoms with Gasteiger partial charge in [0.15, 0.2) is 0 Å². The highest BCUT2D eigenvalue weighted by atomic mass is 32.1. The molecule has 0 aromatic heterocycles. The predicted octanol–water partition coefficient (Wildman–Crippen LogP) is 0.464. The number of amides is 1. The molecule has 0 aromatic carbocycles. The lowest BCUT2D eigenvalue weighted by atomic mass is 10.1. The zero-order valence-corrected chi connectivity index (χ0v) is 12.0. The zero-order valence-electron chi connectivity index (χ0n) is 11.1. The number of likely N-dealkylation sites (N-methyl/N-ethyl adjacent to an activating group) is 1. The van der Waals surface area contributed by atoms with Gasteiger partial charge in [0, 0.05) is 19.1 Å². The highest BCUT2D eigenvalue weighted by Gasteiger charge is 2.37. The van der Waals surface area contributed by atoms with E-state index < -0.39 is 6.10 Å². The van der Waals surface area contributed by atoms with Gasteiger partial charge in [0.05, 0.1) is 11.4 Å². The predicted molar refractivity (Wildman–Crippen MR) is 72.3 cm³/mol. The number of rotatable bonds is 4. The van der Waals surface area contributed by atoms with E-state index >= 15 is 0 Å². The zero-order chi connectivity index (χ0) is 13.2. The molecule has 1 N–H and O–H groups in total. The number of β-amino-alcohol motifs (C(OH)–C–C–N with tert-alkyl or cyclic N) is 1. The lowest BCUT2D eigenvalue weighted by Crippen LogP contribution is -2.45. The van der Waals surface area contributed by atoms with Gasteiger partial charge >= 0.3 is 0 Å². The summed E-state index contributed by atoms with van der Waals surface area (Å²) in [6.07, 6.45) is 0.277. The average Bonchev–Trinajstić information content (AvgIpc) is 2.56. The van der Waals surface area contributed by atoms with Gasteiger partial charge in [0.2, 0.25) is 5.91 Å². The molecule has 0 radical (unpaired) electrons. The van der Waals surface area contributed by atoms with E-state index in [1.54, 1.807) is 4.90 Å². The third-order valence-electron chi connectivity index (χ3n) is 3.14. The third kappa shape index (κ3) is 3.86. The van der Waals surface area contributed by atoms with Gasteiger partial charge in [-0.1, -0.05) is 13.8 Å². The van der Waals surface area contributed by atoms with Crippen LogP contribution in [0.15, 0.2) is 0 Å². The largest absolute Gasteiger partial charge is 0.391 e. The van der Waals surface area contributed by atoms with Crippen LogP contribution in [0.2, 0.25) is 0 Å². The monoisotopic (exact) mass is 260 g/mol. The number of nitrogens with zero attached hydrogens (tertiary/aromatic N) is 2. The lowest BCUT2D eigenvalue weighted by molar-refractivity contribution is -0.132. The lowest BCUT2D eigenvalue weighted by Gasteiger charge is -2.29. The maximum Gasteiger partial charge on any atom is 0.236 e. The van der Waals surface area contributed by atoms with E-state index in [9.17, 15) is 9.90 Å². The van der Waals surface area contributed by atoms with Gasteiger partial charge in [-0.3, -0.25) is 4.79 Å². The first kappa shape index (κ1) is 14.8. The van der Waals surface area contributed by atoms with Gasteiger partial charge in [-0.25, -0.2) is 0 Å². The summed E-state index contributed by atoms with van der Waals surface area (Å²) in [4.78, 5) is 16.1. The van der Waals surface area contributed by atoms with Crippen LogP contribution in [0, 0.1) is 5.92 Å². The Morgan fingerprint density at radius 3 is 2.59 bits per heavy atom. The Morgan fingerprint density at radius 2 is 2.12 bits per heavy atom. The topological polar surface area (TPSA) is 43.8 Å². The highest BCUT2D eigenvalue weighted by Crippen LogP contribution is 2.22. The quantitative estimate of drug-likeness (QED) is 0.722. The van der Waals surface area contributed by atoms with Gasteiger partial charge < -0.3 is 14.9 Å². The molecule has 0 saturated carbocycles. The molecule has 0 aromatic rings. The smallest absolute Gasteiger partial charge is 0.236 e. The molecule has 3 unspecified atom stereocenters. The van der Waals surface area contributed by atoms with Crippen LogP contribution in [0.1, 0.15) is 20.3 Å². The molecule has 0 bridgehead atoms. The third-order valence-corrected chi connectivity index (χ3v) is 3.95. The second kappa shape index (κ2) is 6.07. The molecule has 1 aliphatic rings. The van der Waals surface area contributed by atoms with Crippen LogP contribution < -0.4 is 0 Å². The molecule has 0 aliphatic carbocycles. The van der Waals surface area contributed by atoms with E-state index in [2.05, 4.69) is 12.6 Å². The van der Waals surface area contributed by atoms with Crippen molar-refractivity contribution >= 4 is 18.5 Å². The van der Waals surface area contributed by atoms with Crippen LogP contribution in [-0.2, 0) is 4.79 Å². The average molecular weight is 260 g/mol. The molecule has 1 heterocycles. The van der Waals surface area contributed by atoms with E-state index in [-0.39, 0.29) is 23.1 Å². The summed E-state index contributed by atoms with van der Waals surface area (Å²) in [5.74, 6) is 0.260. The molecule has 1 aliphatic heterocycles. The fraction of sp³-hybridized carbons (Fsp3) is 0.917. The van der Waals surface area contributed by atoms with E-state index in [1.807, 2.05) is 32.8 Å². The number of hydrogen-bond donors (Lipinski definition) is 2. The van der Waals surface area contributed by atoms with Gasteiger partial charge in [0.1, 0.15) is 0 Å². The first-order valence-corrected chi connectivity index (χ1v) is 6.66. The van der Waals surface area contributed by atoms with Crippen molar-refractivity contribution in [2.45, 2.75) is 37.7 Å². The first-order chi connectivity index (χ1) is 7.82. The fourth-order valence-electron chi connectivity index (χ4n) is 2.21. The summed E-state index contributed by atoms with van der Waals surface area (Å²) in [7, 11) is 3.96. The minimum atomic E-state index is -0.392. The normalized spacial score (nSPS) is 26.9. The molecular weight excluding hydrogens is 236 g/mol. The van der Waals surface area contributed by atoms with Crippen LogP contribution in [-0.4, -0.2) is 65.4 Å². The summed E-state index contributed by atoms with van der Waals surface area (Å²) >= 11 is 4.37. The second-order valence-corrected chi connectivity index (χ2v) is 6.04. The molecule has 5 heteroatoms. The molecule has 17 heavy (non-hydrogen) atoms. The van der Waals surface area contributed by atoms with E-state index in [0.717, 1.165) is 6.54 Å². The minimum Gasteiger partial charge on any atom is -0.391 e. The number of aliphatic hydroxyl groups is 1. The van der Waals surface area contributed by atoms with Crippen LogP contribution in [0.3, 0.4) is 0 Å². The van der Waals surface area contributed by atoms with Gasteiger partial charge in [0.25, 0.3) is 0 Å². The number of hydrogen-bond acceptors (Lipinski definition) is 4. The van der Waals surface area contributed by atoms with Crippen molar-refractivity contribution in [1.82, 2.24) is 9.80 Å². The Morgan fingerprint density at radius 1 is 1.53 bits per heavy atom. The first-order valence-electron chi connectivity index (χ1n) is 6.14. The molecule has 3 atom stereocenters. The maximum absolute atomic E-state index is 12.2. The summed E-state index contributed by atoms with van der Waals surface area (Å²) in [6, 6.07) is 0.112. The van der Waals surface area contributed by atoms with E-state index in [0.29, 0.717) is 13.0 Å². The van der Waals surface area contributed by atoms with Crippen molar-refractivity contribution in [3.8, 4) is 0 Å². The molecule has 1 fully saturated rings. The maximum atomic E-state index is 12.2. The molecule has 100 valence electrons. The van der Waals surface area contributed by atoms with Crippen molar-refractivity contribution in [2.24, 2.45) is 5.92 Å². The van der Waals surface area contributed by atoms with E-state index in [1.165, 1.54) is 0 Å². The standard InChI is InChI=1S/C12H24N2O2S/c1-8(2)11(17)12(16)14-7-10(15)5-9(14)6-13(3)4/h8-11,15,17H,5-7H2,1-4H3. The number of carbonyl (C=O) groups excluding carboxylic acids is 1. The second-order valence-electron chi connectivity index (χ2n) is 5.49. The highest BCUT2D eigenvalue weighted by molar-refractivity contribution is 7.81. The molecular formula is C12H24N2O2S. The summed E-state index contributed by atoms with van der Waals surface area (Å²) in [6.45, 7) is 5.22. The van der Waals surface area contributed by atoms with Crippen LogP contribution in [0.5, 0.6) is 0 Å². The molecule has 1 amide bonds. The van der Waals surface area contributed by atoms with Crippen LogP contribution in [0.25, 0.3) is 0 Å². The van der Waals surface area contributed by atoms with E-state index in [4.69, 9.17) is 0 Å². The van der Waals surface area contributed by atoms with Crippen molar-refractivity contribution in [3.63, 3.8) is 0 Å². The summed E-state index contributed by atoms with van der Waals surface area (Å²) in [5, 5.41) is 9.44. The van der Waals surface area contributed by atoms with Gasteiger partial charge in [-0.15, -0.1) is 0 Å². The Balaban J connectivity index is 2.69. The van der Waals surface area contributed by atoms with Crippen LogP contribution in [0.4, 0.5) is 0 Å². The number of aliphatic hydroxyl groups excluding tert-OH is 1. The molecule has 1 rings (SSSR count). The van der Waals surface area contributed by atoms with Crippen LogP contribution >= 0.6 is 12.6 Å². The minimum absolute atomic E-state index is 0.0479. The SMILES string of the molecule is CC(C)C(S)C(=O)N1CC(O)CC1CN(C)C. The Labute approximate surface area is 109 Å². The number of carbonyl (C=O) groups is 1. The number of thiol groups is 1.